The molecule has 0 fully saturated rings. The van der Waals surface area contributed by atoms with Crippen molar-refractivity contribution in [2.45, 2.75) is 6.54 Å². The minimum Gasteiger partial charge on any atom is -0.357 e. The van der Waals surface area contributed by atoms with Gasteiger partial charge in [-0.05, 0) is 29.7 Å². The van der Waals surface area contributed by atoms with Gasteiger partial charge in [0.05, 0.1) is 6.54 Å². The maximum Gasteiger partial charge on any atom is 0.332 e. The highest BCUT2D eigenvalue weighted by atomic mass is 16.2. The zero-order valence-electron chi connectivity index (χ0n) is 16.5. The number of pyridine rings is 1. The summed E-state index contributed by atoms with van der Waals surface area (Å²) >= 11 is 0. The first kappa shape index (κ1) is 17.9. The third-order valence-corrected chi connectivity index (χ3v) is 5.21. The van der Waals surface area contributed by atoms with Crippen molar-refractivity contribution in [1.82, 2.24) is 28.7 Å². The second kappa shape index (κ2) is 6.73. The topological polar surface area (TPSA) is 103 Å². The molecule has 4 heterocycles. The molecule has 0 bridgehead atoms. The standard InChI is InChI=1S/C21H19N7O2/c1-26-17-18(25-20(26)24-14-7-9-22-10-8-14)27(2)21(30)28(19(17)29)12-15-11-13-5-3-4-6-16(13)23-15/h3-11,23H,12H2,1-2H3,(H,22,24,25). The molecular weight excluding hydrogens is 382 g/mol. The number of aryl methyl sites for hydroxylation is 2. The van der Waals surface area contributed by atoms with Crippen molar-refractivity contribution in [2.24, 2.45) is 14.1 Å². The number of anilines is 2. The normalized spacial score (nSPS) is 11.4. The fourth-order valence-electron chi connectivity index (χ4n) is 3.65. The molecule has 0 aliphatic rings. The number of aromatic amines is 1. The van der Waals surface area contributed by atoms with Crippen molar-refractivity contribution in [3.05, 3.63) is 81.4 Å². The summed E-state index contributed by atoms with van der Waals surface area (Å²) in [6, 6.07) is 13.4. The Hall–Kier alpha value is -4.14. The molecule has 4 aromatic heterocycles. The molecule has 150 valence electrons. The minimum atomic E-state index is -0.417. The van der Waals surface area contributed by atoms with Crippen LogP contribution in [-0.2, 0) is 20.6 Å². The van der Waals surface area contributed by atoms with Gasteiger partial charge >= 0.3 is 5.69 Å². The van der Waals surface area contributed by atoms with Crippen LogP contribution < -0.4 is 16.6 Å². The highest BCUT2D eigenvalue weighted by Gasteiger charge is 2.19. The summed E-state index contributed by atoms with van der Waals surface area (Å²) in [5.41, 5.74) is 2.41. The van der Waals surface area contributed by atoms with Crippen LogP contribution in [0.3, 0.4) is 0 Å². The quantitative estimate of drug-likeness (QED) is 0.480. The average Bonchev–Trinajstić information content (AvgIpc) is 3.31. The summed E-state index contributed by atoms with van der Waals surface area (Å²) in [6.45, 7) is 0.147. The van der Waals surface area contributed by atoms with Crippen molar-refractivity contribution in [3.63, 3.8) is 0 Å². The molecule has 9 heteroatoms. The lowest BCUT2D eigenvalue weighted by molar-refractivity contribution is 0.648. The summed E-state index contributed by atoms with van der Waals surface area (Å²) in [7, 11) is 3.37. The molecule has 0 aliphatic heterocycles. The Morgan fingerprint density at radius 1 is 1.03 bits per heavy atom. The predicted octanol–water partition coefficient (Wildman–Crippen LogP) is 2.10. The number of nitrogens with one attached hydrogen (secondary N) is 2. The lowest BCUT2D eigenvalue weighted by atomic mass is 10.2. The minimum absolute atomic E-state index is 0.147. The second-order valence-electron chi connectivity index (χ2n) is 7.14. The number of aromatic nitrogens is 6. The van der Waals surface area contributed by atoms with Crippen LogP contribution >= 0.6 is 0 Å². The third-order valence-electron chi connectivity index (χ3n) is 5.21. The Bertz CT molecular complexity index is 1470. The van der Waals surface area contributed by atoms with Gasteiger partial charge in [-0.2, -0.15) is 4.98 Å². The number of rotatable bonds is 4. The highest BCUT2D eigenvalue weighted by molar-refractivity contribution is 5.80. The van der Waals surface area contributed by atoms with E-state index in [2.05, 4.69) is 20.3 Å². The smallest absolute Gasteiger partial charge is 0.332 e. The molecule has 0 aliphatic carbocycles. The number of imidazole rings is 1. The van der Waals surface area contributed by atoms with Crippen LogP contribution in [0, 0.1) is 0 Å². The second-order valence-corrected chi connectivity index (χ2v) is 7.14. The van der Waals surface area contributed by atoms with E-state index in [4.69, 9.17) is 0 Å². The third kappa shape index (κ3) is 2.79. The average molecular weight is 401 g/mol. The van der Waals surface area contributed by atoms with Gasteiger partial charge in [-0.1, -0.05) is 18.2 Å². The zero-order valence-corrected chi connectivity index (χ0v) is 16.5. The van der Waals surface area contributed by atoms with E-state index in [9.17, 15) is 9.59 Å². The maximum atomic E-state index is 13.2. The van der Waals surface area contributed by atoms with Gasteiger partial charge in [0.2, 0.25) is 5.95 Å². The zero-order chi connectivity index (χ0) is 20.8. The number of hydrogen-bond donors (Lipinski definition) is 2. The van der Waals surface area contributed by atoms with E-state index < -0.39 is 5.69 Å². The van der Waals surface area contributed by atoms with Gasteiger partial charge in [0.25, 0.3) is 5.56 Å². The Morgan fingerprint density at radius 2 is 1.80 bits per heavy atom. The van der Waals surface area contributed by atoms with E-state index in [1.165, 1.54) is 9.13 Å². The van der Waals surface area contributed by atoms with Crippen molar-refractivity contribution >= 4 is 33.7 Å². The Labute approximate surface area is 170 Å². The van der Waals surface area contributed by atoms with Crippen LogP contribution in [0.15, 0.2) is 64.4 Å². The molecule has 2 N–H and O–H groups in total. The molecule has 30 heavy (non-hydrogen) atoms. The molecule has 0 amide bonds. The fourth-order valence-corrected chi connectivity index (χ4v) is 3.65. The van der Waals surface area contributed by atoms with E-state index in [0.29, 0.717) is 17.1 Å². The summed E-state index contributed by atoms with van der Waals surface area (Å²) in [5, 5.41) is 4.19. The number of benzene rings is 1. The van der Waals surface area contributed by atoms with Crippen molar-refractivity contribution in [2.75, 3.05) is 5.32 Å². The SMILES string of the molecule is Cn1c(Nc2ccncc2)nc2c1c(=O)n(Cc1cc3ccccc3[nH]1)c(=O)n2C. The van der Waals surface area contributed by atoms with Crippen LogP contribution in [0.5, 0.6) is 0 Å². The predicted molar refractivity (Wildman–Crippen MR) is 115 cm³/mol. The first-order chi connectivity index (χ1) is 14.5. The van der Waals surface area contributed by atoms with E-state index in [1.807, 2.05) is 30.3 Å². The molecule has 9 nitrogen and oxygen atoms in total. The van der Waals surface area contributed by atoms with E-state index >= 15 is 0 Å². The molecule has 0 radical (unpaired) electrons. The molecule has 1 aromatic carbocycles. The van der Waals surface area contributed by atoms with Crippen LogP contribution in [0.4, 0.5) is 11.6 Å². The first-order valence-electron chi connectivity index (χ1n) is 9.43. The number of H-pyrrole nitrogens is 1. The van der Waals surface area contributed by atoms with Crippen molar-refractivity contribution in [3.8, 4) is 0 Å². The molecule has 0 saturated heterocycles. The van der Waals surface area contributed by atoms with Crippen LogP contribution in [-0.4, -0.2) is 28.7 Å². The van der Waals surface area contributed by atoms with Gasteiger partial charge in [-0.15, -0.1) is 0 Å². The molecule has 0 atom stereocenters. The van der Waals surface area contributed by atoms with E-state index in [-0.39, 0.29) is 12.1 Å². The summed E-state index contributed by atoms with van der Waals surface area (Å²) in [5.74, 6) is 0.465. The molecule has 5 aromatic rings. The van der Waals surface area contributed by atoms with Gasteiger partial charge in [0.15, 0.2) is 11.2 Å². The number of nitrogens with zero attached hydrogens (tertiary/aromatic N) is 5. The van der Waals surface area contributed by atoms with Crippen molar-refractivity contribution in [1.29, 1.82) is 0 Å². The Morgan fingerprint density at radius 3 is 2.57 bits per heavy atom. The van der Waals surface area contributed by atoms with E-state index in [0.717, 1.165) is 22.3 Å². The molecule has 0 spiro atoms. The number of para-hydroxylation sites is 1. The number of fused-ring (bicyclic) bond motifs is 2. The van der Waals surface area contributed by atoms with Crippen LogP contribution in [0.1, 0.15) is 5.69 Å². The molecule has 5 rings (SSSR count). The number of hydrogen-bond acceptors (Lipinski definition) is 5. The Kier molecular flexibility index (Phi) is 4.02. The van der Waals surface area contributed by atoms with Gasteiger partial charge < -0.3 is 14.9 Å². The van der Waals surface area contributed by atoms with Crippen LogP contribution in [0.25, 0.3) is 22.1 Å². The lowest BCUT2D eigenvalue weighted by Crippen LogP contribution is -2.39. The van der Waals surface area contributed by atoms with Crippen molar-refractivity contribution < 1.29 is 0 Å². The van der Waals surface area contributed by atoms with Gasteiger partial charge in [-0.3, -0.25) is 18.9 Å². The Balaban J connectivity index is 1.63. The van der Waals surface area contributed by atoms with Gasteiger partial charge in [0.1, 0.15) is 0 Å². The van der Waals surface area contributed by atoms with Gasteiger partial charge in [-0.25, -0.2) is 4.79 Å². The van der Waals surface area contributed by atoms with Gasteiger partial charge in [0, 0.05) is 43.4 Å². The van der Waals surface area contributed by atoms with Crippen LogP contribution in [0.2, 0.25) is 0 Å². The largest absolute Gasteiger partial charge is 0.357 e. The highest BCUT2D eigenvalue weighted by Crippen LogP contribution is 2.19. The first-order valence-corrected chi connectivity index (χ1v) is 9.43. The lowest BCUT2D eigenvalue weighted by Gasteiger charge is -2.08. The maximum absolute atomic E-state index is 13.2. The summed E-state index contributed by atoms with van der Waals surface area (Å²) in [4.78, 5) is 37.9. The summed E-state index contributed by atoms with van der Waals surface area (Å²) < 4.78 is 4.29. The molecule has 0 unspecified atom stereocenters. The molecular formula is C21H19N7O2. The monoisotopic (exact) mass is 401 g/mol. The van der Waals surface area contributed by atoms with E-state index in [1.54, 1.807) is 43.2 Å². The summed E-state index contributed by atoms with van der Waals surface area (Å²) in [6.07, 6.45) is 3.32. The molecule has 0 saturated carbocycles. The fraction of sp³-hybridized carbons (Fsp3) is 0.143.